The highest BCUT2D eigenvalue weighted by molar-refractivity contribution is 7.14. The van der Waals surface area contributed by atoms with Gasteiger partial charge in [-0.1, -0.05) is 6.92 Å². The molecule has 2 heterocycles. The number of aryl methyl sites for hydroxylation is 2. The number of carbonyl (C=O) groups is 1. The first kappa shape index (κ1) is 21.4. The number of benzene rings is 1. The number of ether oxygens (including phenoxy) is 1. The van der Waals surface area contributed by atoms with Gasteiger partial charge in [-0.3, -0.25) is 4.79 Å². The van der Waals surface area contributed by atoms with Crippen molar-refractivity contribution in [1.29, 1.82) is 0 Å². The van der Waals surface area contributed by atoms with E-state index in [2.05, 4.69) is 41.9 Å². The Balaban J connectivity index is 1.46. The van der Waals surface area contributed by atoms with Gasteiger partial charge >= 0.3 is 0 Å². The van der Waals surface area contributed by atoms with Crippen LogP contribution in [0.4, 0.5) is 0 Å². The molecule has 0 unspecified atom stereocenters. The van der Waals surface area contributed by atoms with Gasteiger partial charge in [-0.05, 0) is 87.9 Å². The van der Waals surface area contributed by atoms with Gasteiger partial charge in [-0.2, -0.15) is 5.10 Å². The van der Waals surface area contributed by atoms with Crippen LogP contribution in [0.1, 0.15) is 57.3 Å². The van der Waals surface area contributed by atoms with E-state index in [-0.39, 0.29) is 5.91 Å². The molecule has 0 radical (unpaired) electrons. The van der Waals surface area contributed by atoms with E-state index in [4.69, 9.17) is 4.74 Å². The van der Waals surface area contributed by atoms with Crippen molar-refractivity contribution in [2.45, 2.75) is 47.0 Å². The van der Waals surface area contributed by atoms with E-state index in [1.54, 1.807) is 17.6 Å². The lowest BCUT2D eigenvalue weighted by molar-refractivity contribution is 0.0959. The first-order valence-electron chi connectivity index (χ1n) is 10.8. The maximum absolute atomic E-state index is 12.6. The molecule has 0 saturated heterocycles. The van der Waals surface area contributed by atoms with Crippen LogP contribution in [0.3, 0.4) is 0 Å². The molecule has 0 saturated carbocycles. The van der Waals surface area contributed by atoms with Crippen molar-refractivity contribution in [3.63, 3.8) is 0 Å². The number of nitrogens with zero attached hydrogens (tertiary/aromatic N) is 2. The van der Waals surface area contributed by atoms with E-state index in [1.807, 2.05) is 37.3 Å². The van der Waals surface area contributed by atoms with Crippen LogP contribution in [0, 0.1) is 19.8 Å². The molecule has 1 aliphatic carbocycles. The third-order valence-corrected chi connectivity index (χ3v) is 7.03. The molecule has 1 aromatic carbocycles. The minimum atomic E-state index is -0.136. The minimum absolute atomic E-state index is 0.136. The number of fused-ring (bicyclic) bond motifs is 1. The molecule has 31 heavy (non-hydrogen) atoms. The van der Waals surface area contributed by atoms with Crippen molar-refractivity contribution in [3.05, 3.63) is 68.7 Å². The molecule has 2 aromatic heterocycles. The molecule has 0 fully saturated rings. The van der Waals surface area contributed by atoms with Crippen molar-refractivity contribution in [2.24, 2.45) is 11.0 Å². The Hall–Kier alpha value is -2.86. The molecule has 1 aliphatic rings. The molecule has 1 N–H and O–H groups in total. The van der Waals surface area contributed by atoms with Crippen LogP contribution in [-0.4, -0.2) is 23.3 Å². The van der Waals surface area contributed by atoms with Crippen molar-refractivity contribution in [3.8, 4) is 11.4 Å². The predicted octanol–water partition coefficient (Wildman–Crippen LogP) is 5.44. The number of nitrogens with one attached hydrogen (secondary N) is 1. The van der Waals surface area contributed by atoms with Gasteiger partial charge in [0.25, 0.3) is 5.91 Å². The number of hydrazone groups is 1. The summed E-state index contributed by atoms with van der Waals surface area (Å²) in [7, 11) is 0. The standard InChI is InChI=1S/C25H29N3O2S/c1-5-30-22-9-7-21(8-10-22)28-17(3)13-20(18(28)4)15-26-27-25(29)24-14-19-12-16(2)6-11-23(19)31-24/h7-10,13-16H,5-6,11-12H2,1-4H3,(H,27,29)/b26-15-/t16-/m0/s1. The van der Waals surface area contributed by atoms with Gasteiger partial charge in [0, 0.05) is 27.5 Å². The molecule has 0 spiro atoms. The fourth-order valence-corrected chi connectivity index (χ4v) is 5.31. The Morgan fingerprint density at radius 2 is 2.06 bits per heavy atom. The summed E-state index contributed by atoms with van der Waals surface area (Å²) in [5.74, 6) is 1.42. The number of hydrogen-bond donors (Lipinski definition) is 1. The van der Waals surface area contributed by atoms with Gasteiger partial charge in [0.2, 0.25) is 0 Å². The highest BCUT2D eigenvalue weighted by Crippen LogP contribution is 2.32. The van der Waals surface area contributed by atoms with Crippen LogP contribution < -0.4 is 10.2 Å². The highest BCUT2D eigenvalue weighted by Gasteiger charge is 2.20. The summed E-state index contributed by atoms with van der Waals surface area (Å²) in [4.78, 5) is 14.7. The first-order valence-corrected chi connectivity index (χ1v) is 11.6. The maximum atomic E-state index is 12.6. The number of amides is 1. The van der Waals surface area contributed by atoms with E-state index in [1.165, 1.54) is 16.9 Å². The van der Waals surface area contributed by atoms with Crippen LogP contribution >= 0.6 is 11.3 Å². The average Bonchev–Trinajstić information content (AvgIpc) is 3.29. The van der Waals surface area contributed by atoms with Gasteiger partial charge in [-0.15, -0.1) is 11.3 Å². The van der Waals surface area contributed by atoms with E-state index in [0.717, 1.165) is 46.1 Å². The second-order valence-electron chi connectivity index (χ2n) is 8.19. The van der Waals surface area contributed by atoms with E-state index >= 15 is 0 Å². The average molecular weight is 436 g/mol. The zero-order valence-electron chi connectivity index (χ0n) is 18.6. The first-order chi connectivity index (χ1) is 15.0. The summed E-state index contributed by atoms with van der Waals surface area (Å²) in [6.45, 7) is 9.03. The predicted molar refractivity (Wildman–Crippen MR) is 127 cm³/mol. The fraction of sp³-hybridized carbons (Fsp3) is 0.360. The van der Waals surface area contributed by atoms with E-state index in [9.17, 15) is 4.79 Å². The number of carbonyl (C=O) groups excluding carboxylic acids is 1. The molecule has 5 nitrogen and oxygen atoms in total. The third-order valence-electron chi connectivity index (χ3n) is 5.80. The monoisotopic (exact) mass is 435 g/mol. The van der Waals surface area contributed by atoms with Gasteiger partial charge in [0.15, 0.2) is 0 Å². The maximum Gasteiger partial charge on any atom is 0.281 e. The number of aromatic nitrogens is 1. The summed E-state index contributed by atoms with van der Waals surface area (Å²) >= 11 is 1.60. The molecular formula is C25H29N3O2S. The lowest BCUT2D eigenvalue weighted by Crippen LogP contribution is -2.16. The molecule has 1 atom stereocenters. The van der Waals surface area contributed by atoms with Crippen LogP contribution in [0.2, 0.25) is 0 Å². The summed E-state index contributed by atoms with van der Waals surface area (Å²) in [5.41, 5.74) is 8.25. The lowest BCUT2D eigenvalue weighted by atomic mass is 9.90. The van der Waals surface area contributed by atoms with Crippen LogP contribution in [0.15, 0.2) is 41.5 Å². The Morgan fingerprint density at radius 3 is 2.81 bits per heavy atom. The van der Waals surface area contributed by atoms with Crippen LogP contribution in [0.25, 0.3) is 5.69 Å². The highest BCUT2D eigenvalue weighted by atomic mass is 32.1. The zero-order chi connectivity index (χ0) is 22.0. The topological polar surface area (TPSA) is 55.6 Å². The number of rotatable bonds is 6. The quantitative estimate of drug-likeness (QED) is 0.414. The molecule has 162 valence electrons. The Morgan fingerprint density at radius 1 is 1.29 bits per heavy atom. The molecule has 3 aromatic rings. The molecule has 1 amide bonds. The SMILES string of the molecule is CCOc1ccc(-n2c(C)cc(/C=N\NC(=O)c3cc4c(s3)CC[C@H](C)C4)c2C)cc1. The molecular weight excluding hydrogens is 406 g/mol. The van der Waals surface area contributed by atoms with Gasteiger partial charge in [0.1, 0.15) is 5.75 Å². The second kappa shape index (κ2) is 9.10. The van der Waals surface area contributed by atoms with Gasteiger partial charge in [-0.25, -0.2) is 5.43 Å². The van der Waals surface area contributed by atoms with Crippen molar-refractivity contribution in [1.82, 2.24) is 9.99 Å². The molecule has 6 heteroatoms. The lowest BCUT2D eigenvalue weighted by Gasteiger charge is -2.16. The van der Waals surface area contributed by atoms with E-state index < -0.39 is 0 Å². The Bertz CT molecular complexity index is 1110. The summed E-state index contributed by atoms with van der Waals surface area (Å²) < 4.78 is 7.71. The molecule has 4 rings (SSSR count). The second-order valence-corrected chi connectivity index (χ2v) is 9.33. The zero-order valence-corrected chi connectivity index (χ0v) is 19.4. The number of hydrogen-bond acceptors (Lipinski definition) is 4. The van der Waals surface area contributed by atoms with Crippen molar-refractivity contribution >= 4 is 23.5 Å². The normalized spacial score (nSPS) is 15.8. The summed E-state index contributed by atoms with van der Waals surface area (Å²) in [6.07, 6.45) is 5.08. The molecule has 0 bridgehead atoms. The van der Waals surface area contributed by atoms with Crippen molar-refractivity contribution < 1.29 is 9.53 Å². The minimum Gasteiger partial charge on any atom is -0.494 e. The van der Waals surface area contributed by atoms with Gasteiger partial charge < -0.3 is 9.30 Å². The summed E-state index contributed by atoms with van der Waals surface area (Å²) in [5, 5.41) is 4.24. The Kier molecular flexibility index (Phi) is 6.28. The molecule has 0 aliphatic heterocycles. The van der Waals surface area contributed by atoms with E-state index in [0.29, 0.717) is 12.5 Å². The summed E-state index contributed by atoms with van der Waals surface area (Å²) in [6, 6.07) is 12.2. The largest absolute Gasteiger partial charge is 0.494 e. The fourth-order valence-electron chi connectivity index (χ4n) is 4.21. The van der Waals surface area contributed by atoms with Crippen LogP contribution in [0.5, 0.6) is 5.75 Å². The van der Waals surface area contributed by atoms with Gasteiger partial charge in [0.05, 0.1) is 17.7 Å². The third kappa shape index (κ3) is 4.59. The Labute approximate surface area is 187 Å². The van der Waals surface area contributed by atoms with Crippen molar-refractivity contribution in [2.75, 3.05) is 6.61 Å². The number of thiophene rings is 1. The smallest absolute Gasteiger partial charge is 0.281 e. The van der Waals surface area contributed by atoms with Crippen LogP contribution in [-0.2, 0) is 12.8 Å².